The molecule has 0 amide bonds. The molecule has 0 spiro atoms. The molecule has 0 heterocycles. The number of ketones is 1. The molecule has 1 fully saturated rings. The van der Waals surface area contributed by atoms with Crippen molar-refractivity contribution in [1.82, 2.24) is 0 Å². The van der Waals surface area contributed by atoms with E-state index in [-0.39, 0.29) is 5.92 Å². The fraction of sp³-hybridized carbons (Fsp3) is 0.611. The number of aryl methyl sites for hydroxylation is 1. The third-order valence-electron chi connectivity index (χ3n) is 4.48. The van der Waals surface area contributed by atoms with Crippen LogP contribution in [0.5, 0.6) is 0 Å². The van der Waals surface area contributed by atoms with E-state index in [2.05, 4.69) is 38.1 Å². The fourth-order valence-corrected chi connectivity index (χ4v) is 3.27. The van der Waals surface area contributed by atoms with E-state index in [4.69, 9.17) is 0 Å². The lowest BCUT2D eigenvalue weighted by Gasteiger charge is -2.28. The van der Waals surface area contributed by atoms with E-state index in [0.29, 0.717) is 5.78 Å². The lowest BCUT2D eigenvalue weighted by atomic mass is 9.76. The standard InChI is InChI=1S/C18H26O/c1-3-5-15-10-11-18(19)17(12-15)13-16-8-6-14(4-2)7-9-16/h6-9,15,17H,3-5,10-13H2,1-2H3. The largest absolute Gasteiger partial charge is 0.299 e. The van der Waals surface area contributed by atoms with E-state index in [9.17, 15) is 4.79 Å². The summed E-state index contributed by atoms with van der Waals surface area (Å²) in [6.07, 6.45) is 7.61. The van der Waals surface area contributed by atoms with Gasteiger partial charge in [-0.2, -0.15) is 0 Å². The molecule has 1 aliphatic carbocycles. The van der Waals surface area contributed by atoms with Gasteiger partial charge in [0.1, 0.15) is 5.78 Å². The van der Waals surface area contributed by atoms with Gasteiger partial charge in [0.15, 0.2) is 0 Å². The summed E-state index contributed by atoms with van der Waals surface area (Å²) in [4.78, 5) is 12.1. The van der Waals surface area contributed by atoms with Crippen LogP contribution in [-0.4, -0.2) is 5.78 Å². The van der Waals surface area contributed by atoms with E-state index < -0.39 is 0 Å². The van der Waals surface area contributed by atoms with E-state index >= 15 is 0 Å². The molecule has 2 atom stereocenters. The minimum atomic E-state index is 0.276. The Morgan fingerprint density at radius 3 is 2.42 bits per heavy atom. The van der Waals surface area contributed by atoms with Gasteiger partial charge in [-0.25, -0.2) is 0 Å². The van der Waals surface area contributed by atoms with Crippen LogP contribution in [0.3, 0.4) is 0 Å². The highest BCUT2D eigenvalue weighted by molar-refractivity contribution is 5.82. The Morgan fingerprint density at radius 2 is 1.79 bits per heavy atom. The third-order valence-corrected chi connectivity index (χ3v) is 4.48. The average Bonchev–Trinajstić information content (AvgIpc) is 2.44. The minimum Gasteiger partial charge on any atom is -0.299 e. The normalized spacial score (nSPS) is 23.6. The molecule has 2 rings (SSSR count). The molecule has 0 saturated heterocycles. The van der Waals surface area contributed by atoms with Crippen molar-refractivity contribution in [3.8, 4) is 0 Å². The van der Waals surface area contributed by atoms with Gasteiger partial charge in [0, 0.05) is 12.3 Å². The van der Waals surface area contributed by atoms with E-state index in [1.165, 1.54) is 24.0 Å². The zero-order valence-corrected chi connectivity index (χ0v) is 12.3. The lowest BCUT2D eigenvalue weighted by molar-refractivity contribution is -0.125. The highest BCUT2D eigenvalue weighted by Crippen LogP contribution is 2.31. The van der Waals surface area contributed by atoms with Crippen LogP contribution in [0.25, 0.3) is 0 Å². The molecule has 1 nitrogen and oxygen atoms in total. The first-order valence-corrected chi connectivity index (χ1v) is 7.83. The van der Waals surface area contributed by atoms with Gasteiger partial charge in [-0.1, -0.05) is 51.0 Å². The summed E-state index contributed by atoms with van der Waals surface area (Å²) in [5.74, 6) is 1.55. The summed E-state index contributed by atoms with van der Waals surface area (Å²) >= 11 is 0. The number of hydrogen-bond acceptors (Lipinski definition) is 1. The number of benzene rings is 1. The molecule has 1 aliphatic rings. The predicted octanol–water partition coefficient (Wildman–Crippen LogP) is 4.58. The van der Waals surface area contributed by atoms with Gasteiger partial charge in [-0.3, -0.25) is 4.79 Å². The second kappa shape index (κ2) is 6.88. The Labute approximate surface area is 117 Å². The van der Waals surface area contributed by atoms with Crippen LogP contribution in [0, 0.1) is 11.8 Å². The van der Waals surface area contributed by atoms with Crippen LogP contribution in [0.1, 0.15) is 57.1 Å². The van der Waals surface area contributed by atoms with E-state index in [1.807, 2.05) is 0 Å². The van der Waals surface area contributed by atoms with Crippen molar-refractivity contribution in [3.63, 3.8) is 0 Å². The van der Waals surface area contributed by atoms with Crippen molar-refractivity contribution in [2.45, 2.75) is 58.8 Å². The minimum absolute atomic E-state index is 0.276. The average molecular weight is 258 g/mol. The van der Waals surface area contributed by atoms with Crippen molar-refractivity contribution in [1.29, 1.82) is 0 Å². The van der Waals surface area contributed by atoms with Crippen molar-refractivity contribution in [3.05, 3.63) is 35.4 Å². The Morgan fingerprint density at radius 1 is 1.11 bits per heavy atom. The zero-order chi connectivity index (χ0) is 13.7. The Balaban J connectivity index is 1.97. The van der Waals surface area contributed by atoms with Crippen LogP contribution < -0.4 is 0 Å². The molecule has 1 heteroatoms. The second-order valence-corrected chi connectivity index (χ2v) is 5.97. The quantitative estimate of drug-likeness (QED) is 0.755. The van der Waals surface area contributed by atoms with Gasteiger partial charge < -0.3 is 0 Å². The molecule has 104 valence electrons. The predicted molar refractivity (Wildman–Crippen MR) is 80.3 cm³/mol. The van der Waals surface area contributed by atoms with Gasteiger partial charge in [0.25, 0.3) is 0 Å². The first kappa shape index (κ1) is 14.3. The number of Topliss-reactive ketones (excluding diaryl/α,β-unsaturated/α-hetero) is 1. The summed E-state index contributed by atoms with van der Waals surface area (Å²) in [6.45, 7) is 4.42. The Bertz CT molecular complexity index is 404. The van der Waals surface area contributed by atoms with Crippen LogP contribution >= 0.6 is 0 Å². The summed E-state index contributed by atoms with van der Waals surface area (Å²) in [5, 5.41) is 0. The zero-order valence-electron chi connectivity index (χ0n) is 12.3. The summed E-state index contributed by atoms with van der Waals surface area (Å²) in [6, 6.07) is 8.81. The molecule has 0 bridgehead atoms. The highest BCUT2D eigenvalue weighted by atomic mass is 16.1. The molecule has 1 saturated carbocycles. The molecule has 2 unspecified atom stereocenters. The molecule has 0 aromatic heterocycles. The lowest BCUT2D eigenvalue weighted by Crippen LogP contribution is -2.26. The first-order valence-electron chi connectivity index (χ1n) is 7.83. The smallest absolute Gasteiger partial charge is 0.136 e. The van der Waals surface area contributed by atoms with Crippen molar-refractivity contribution in [2.24, 2.45) is 11.8 Å². The van der Waals surface area contributed by atoms with Crippen LogP contribution in [0.2, 0.25) is 0 Å². The number of carbonyl (C=O) groups is 1. The number of rotatable bonds is 5. The van der Waals surface area contributed by atoms with Gasteiger partial charge in [-0.05, 0) is 42.7 Å². The molecule has 1 aromatic rings. The monoisotopic (exact) mass is 258 g/mol. The topological polar surface area (TPSA) is 17.1 Å². The molecule has 0 aliphatic heterocycles. The van der Waals surface area contributed by atoms with Crippen LogP contribution in [-0.2, 0) is 17.6 Å². The first-order chi connectivity index (χ1) is 9.22. The molecule has 0 radical (unpaired) electrons. The number of carbonyl (C=O) groups excluding carboxylic acids is 1. The molecule has 0 N–H and O–H groups in total. The van der Waals surface area contributed by atoms with Gasteiger partial charge in [0.05, 0.1) is 0 Å². The van der Waals surface area contributed by atoms with Crippen LogP contribution in [0.15, 0.2) is 24.3 Å². The van der Waals surface area contributed by atoms with E-state index in [1.54, 1.807) is 0 Å². The van der Waals surface area contributed by atoms with Gasteiger partial charge >= 0.3 is 0 Å². The Hall–Kier alpha value is -1.11. The maximum absolute atomic E-state index is 12.1. The molecular formula is C18H26O. The van der Waals surface area contributed by atoms with E-state index in [0.717, 1.165) is 38.0 Å². The summed E-state index contributed by atoms with van der Waals surface area (Å²) < 4.78 is 0. The summed E-state index contributed by atoms with van der Waals surface area (Å²) in [7, 11) is 0. The van der Waals surface area contributed by atoms with Crippen molar-refractivity contribution >= 4 is 5.78 Å². The molecular weight excluding hydrogens is 232 g/mol. The van der Waals surface area contributed by atoms with Crippen molar-refractivity contribution in [2.75, 3.05) is 0 Å². The third kappa shape index (κ3) is 3.92. The van der Waals surface area contributed by atoms with Gasteiger partial charge in [0.2, 0.25) is 0 Å². The summed E-state index contributed by atoms with van der Waals surface area (Å²) in [5.41, 5.74) is 2.70. The SMILES string of the molecule is CCCC1CCC(=O)C(Cc2ccc(CC)cc2)C1. The maximum atomic E-state index is 12.1. The maximum Gasteiger partial charge on any atom is 0.136 e. The van der Waals surface area contributed by atoms with Crippen molar-refractivity contribution < 1.29 is 4.79 Å². The molecule has 19 heavy (non-hydrogen) atoms. The second-order valence-electron chi connectivity index (χ2n) is 5.97. The Kier molecular flexibility index (Phi) is 5.18. The fourth-order valence-electron chi connectivity index (χ4n) is 3.27. The van der Waals surface area contributed by atoms with Gasteiger partial charge in [-0.15, -0.1) is 0 Å². The number of hydrogen-bond donors (Lipinski definition) is 0. The highest BCUT2D eigenvalue weighted by Gasteiger charge is 2.28. The van der Waals surface area contributed by atoms with Crippen LogP contribution in [0.4, 0.5) is 0 Å². The molecule has 1 aromatic carbocycles.